The summed E-state index contributed by atoms with van der Waals surface area (Å²) in [6.07, 6.45) is 0. The number of hydrogen-bond acceptors (Lipinski definition) is 1. The van der Waals surface area contributed by atoms with Crippen molar-refractivity contribution in [3.8, 4) is 0 Å². The lowest BCUT2D eigenvalue weighted by molar-refractivity contribution is 0.0592. The van der Waals surface area contributed by atoms with Crippen LogP contribution in [-0.2, 0) is 0 Å². The first-order chi connectivity index (χ1) is 6.73. The molecule has 0 atom stereocenters. The molecule has 0 N–H and O–H groups in total. The average Bonchev–Trinajstić information content (AvgIpc) is 2.10. The molecule has 82 valence electrons. The molecule has 0 bridgehead atoms. The number of hydrogen-bond donors (Lipinski definition) is 0. The SMILES string of the molecule is Cc1cc(C(=O)C(F)(F)Br)cc(C)c1Cl. The van der Waals surface area contributed by atoms with Crippen molar-refractivity contribution in [3.05, 3.63) is 33.8 Å². The number of ketones is 1. The van der Waals surface area contributed by atoms with E-state index in [1.165, 1.54) is 12.1 Å². The van der Waals surface area contributed by atoms with Crippen LogP contribution in [0.25, 0.3) is 0 Å². The van der Waals surface area contributed by atoms with Crippen molar-refractivity contribution < 1.29 is 13.6 Å². The molecule has 1 aromatic carbocycles. The summed E-state index contributed by atoms with van der Waals surface area (Å²) in [4.78, 5) is 7.71. The first kappa shape index (κ1) is 12.6. The number of Topliss-reactive ketones (excluding diaryl/α,β-unsaturated/α-hetero) is 1. The van der Waals surface area contributed by atoms with Gasteiger partial charge in [-0.2, -0.15) is 8.78 Å². The second-order valence-electron chi connectivity index (χ2n) is 3.25. The number of aryl methyl sites for hydroxylation is 2. The fourth-order valence-electron chi connectivity index (χ4n) is 1.24. The number of carbonyl (C=O) groups excluding carboxylic acids is 1. The third-order valence-corrected chi connectivity index (χ3v) is 2.91. The van der Waals surface area contributed by atoms with E-state index in [2.05, 4.69) is 0 Å². The minimum atomic E-state index is -3.53. The number of alkyl halides is 3. The highest BCUT2D eigenvalue weighted by molar-refractivity contribution is 9.10. The monoisotopic (exact) mass is 296 g/mol. The molecule has 0 amide bonds. The van der Waals surface area contributed by atoms with Crippen molar-refractivity contribution in [1.29, 1.82) is 0 Å². The molecule has 0 unspecified atom stereocenters. The lowest BCUT2D eigenvalue weighted by Crippen LogP contribution is -2.21. The van der Waals surface area contributed by atoms with Crippen LogP contribution in [0.15, 0.2) is 12.1 Å². The molecule has 0 saturated carbocycles. The predicted molar refractivity (Wildman–Crippen MR) is 59.1 cm³/mol. The van der Waals surface area contributed by atoms with E-state index in [-0.39, 0.29) is 5.56 Å². The van der Waals surface area contributed by atoms with Crippen molar-refractivity contribution in [2.24, 2.45) is 0 Å². The van der Waals surface area contributed by atoms with Crippen molar-refractivity contribution in [2.75, 3.05) is 0 Å². The Morgan fingerprint density at radius 2 is 1.73 bits per heavy atom. The van der Waals surface area contributed by atoms with Crippen LogP contribution in [0.4, 0.5) is 8.78 Å². The summed E-state index contributed by atoms with van der Waals surface area (Å²) >= 11 is 7.89. The van der Waals surface area contributed by atoms with Crippen LogP contribution in [0.3, 0.4) is 0 Å². The second kappa shape index (κ2) is 4.18. The molecule has 0 aliphatic heterocycles. The van der Waals surface area contributed by atoms with Gasteiger partial charge in [-0.3, -0.25) is 4.79 Å². The van der Waals surface area contributed by atoms with Gasteiger partial charge < -0.3 is 0 Å². The zero-order valence-electron chi connectivity index (χ0n) is 8.07. The Morgan fingerprint density at radius 3 is 2.07 bits per heavy atom. The minimum Gasteiger partial charge on any atom is -0.286 e. The Balaban J connectivity index is 3.24. The lowest BCUT2D eigenvalue weighted by Gasteiger charge is -2.10. The van der Waals surface area contributed by atoms with E-state index < -0.39 is 10.6 Å². The topological polar surface area (TPSA) is 17.1 Å². The Hall–Kier alpha value is -0.480. The quantitative estimate of drug-likeness (QED) is 0.592. The van der Waals surface area contributed by atoms with E-state index in [4.69, 9.17) is 11.6 Å². The third kappa shape index (κ3) is 2.75. The highest BCUT2D eigenvalue weighted by atomic mass is 79.9. The summed E-state index contributed by atoms with van der Waals surface area (Å²) in [5.74, 6) is -1.26. The molecule has 1 rings (SSSR count). The molecule has 0 saturated heterocycles. The highest BCUT2D eigenvalue weighted by Crippen LogP contribution is 2.29. The smallest absolute Gasteiger partial charge is 0.286 e. The molecule has 1 aromatic rings. The Bertz CT molecular complexity index is 389. The van der Waals surface area contributed by atoms with Crippen LogP contribution in [0.1, 0.15) is 21.5 Å². The molecular formula is C10H8BrClF2O. The number of halogens is 4. The standard InChI is InChI=1S/C10H8BrClF2O/c1-5-3-7(4-6(2)8(5)12)9(15)10(11,13)14/h3-4H,1-2H3. The van der Waals surface area contributed by atoms with Crippen LogP contribution in [-0.4, -0.2) is 10.6 Å². The van der Waals surface area contributed by atoms with E-state index in [0.29, 0.717) is 16.1 Å². The van der Waals surface area contributed by atoms with Gasteiger partial charge in [-0.25, -0.2) is 0 Å². The van der Waals surface area contributed by atoms with Gasteiger partial charge in [0.2, 0.25) is 5.78 Å². The summed E-state index contributed by atoms with van der Waals surface area (Å²) in [5.41, 5.74) is 1.17. The van der Waals surface area contributed by atoms with Crippen molar-refractivity contribution >= 4 is 33.3 Å². The van der Waals surface area contributed by atoms with Crippen LogP contribution in [0, 0.1) is 13.8 Å². The molecule has 0 aromatic heterocycles. The summed E-state index contributed by atoms with van der Waals surface area (Å²) in [6, 6.07) is 2.71. The highest BCUT2D eigenvalue weighted by Gasteiger charge is 2.35. The van der Waals surface area contributed by atoms with Gasteiger partial charge >= 0.3 is 4.83 Å². The van der Waals surface area contributed by atoms with Crippen LogP contribution < -0.4 is 0 Å². The van der Waals surface area contributed by atoms with E-state index in [1.807, 2.05) is 15.9 Å². The summed E-state index contributed by atoms with van der Waals surface area (Å²) in [6.45, 7) is 3.33. The molecule has 0 fully saturated rings. The van der Waals surface area contributed by atoms with Crippen molar-refractivity contribution in [2.45, 2.75) is 18.7 Å². The molecule has 0 radical (unpaired) electrons. The fraction of sp³-hybridized carbons (Fsp3) is 0.300. The summed E-state index contributed by atoms with van der Waals surface area (Å²) in [5, 5.41) is 0.490. The average molecular weight is 298 g/mol. The first-order valence-electron chi connectivity index (χ1n) is 4.11. The first-order valence-corrected chi connectivity index (χ1v) is 5.29. The van der Waals surface area contributed by atoms with Crippen LogP contribution in [0.2, 0.25) is 5.02 Å². The van der Waals surface area contributed by atoms with Crippen LogP contribution >= 0.6 is 27.5 Å². The molecule has 0 spiro atoms. The van der Waals surface area contributed by atoms with E-state index in [1.54, 1.807) is 13.8 Å². The normalized spacial score (nSPS) is 11.6. The van der Waals surface area contributed by atoms with Gasteiger partial charge in [0.15, 0.2) is 0 Å². The zero-order valence-corrected chi connectivity index (χ0v) is 10.4. The van der Waals surface area contributed by atoms with E-state index in [9.17, 15) is 13.6 Å². The fourth-order valence-corrected chi connectivity index (χ4v) is 1.58. The van der Waals surface area contributed by atoms with Crippen LogP contribution in [0.5, 0.6) is 0 Å². The minimum absolute atomic E-state index is 0.0451. The second-order valence-corrected chi connectivity index (χ2v) is 4.62. The maximum absolute atomic E-state index is 12.7. The molecule has 5 heteroatoms. The zero-order chi connectivity index (χ0) is 11.8. The maximum atomic E-state index is 12.7. The van der Waals surface area contributed by atoms with Crippen molar-refractivity contribution in [1.82, 2.24) is 0 Å². The molecule has 0 heterocycles. The summed E-state index contributed by atoms with van der Waals surface area (Å²) < 4.78 is 25.4. The lowest BCUT2D eigenvalue weighted by atomic mass is 10.0. The Labute approximate surface area is 99.6 Å². The number of rotatable bonds is 2. The molecule has 1 nitrogen and oxygen atoms in total. The Kier molecular flexibility index (Phi) is 3.51. The number of carbonyl (C=O) groups is 1. The van der Waals surface area contributed by atoms with E-state index in [0.717, 1.165) is 0 Å². The van der Waals surface area contributed by atoms with E-state index >= 15 is 0 Å². The van der Waals surface area contributed by atoms with Gasteiger partial charge in [-0.05, 0) is 53.0 Å². The maximum Gasteiger partial charge on any atom is 0.363 e. The van der Waals surface area contributed by atoms with Gasteiger partial charge in [0.05, 0.1) is 0 Å². The third-order valence-electron chi connectivity index (χ3n) is 1.96. The number of benzene rings is 1. The Morgan fingerprint density at radius 1 is 1.33 bits per heavy atom. The summed E-state index contributed by atoms with van der Waals surface area (Å²) in [7, 11) is 0. The molecule has 15 heavy (non-hydrogen) atoms. The van der Waals surface area contributed by atoms with Gasteiger partial charge in [0.1, 0.15) is 0 Å². The van der Waals surface area contributed by atoms with Crippen molar-refractivity contribution in [3.63, 3.8) is 0 Å². The largest absolute Gasteiger partial charge is 0.363 e. The van der Waals surface area contributed by atoms with Gasteiger partial charge in [0.25, 0.3) is 0 Å². The molecular weight excluding hydrogens is 289 g/mol. The van der Waals surface area contributed by atoms with Gasteiger partial charge in [-0.15, -0.1) is 0 Å². The van der Waals surface area contributed by atoms with Gasteiger partial charge in [-0.1, -0.05) is 11.6 Å². The predicted octanol–water partition coefficient (Wildman–Crippen LogP) is 4.13. The van der Waals surface area contributed by atoms with Gasteiger partial charge in [0, 0.05) is 10.6 Å². The molecule has 0 aliphatic carbocycles. The molecule has 0 aliphatic rings.